The lowest BCUT2D eigenvalue weighted by Crippen LogP contribution is -2.35. The van der Waals surface area contributed by atoms with Crippen molar-refractivity contribution in [3.05, 3.63) is 17.7 Å². The van der Waals surface area contributed by atoms with Crippen LogP contribution >= 0.6 is 0 Å². The molecule has 0 fully saturated rings. The van der Waals surface area contributed by atoms with Crippen molar-refractivity contribution in [1.82, 2.24) is 4.57 Å². The van der Waals surface area contributed by atoms with Gasteiger partial charge in [-0.25, -0.2) is 9.13 Å². The first kappa shape index (κ1) is 14.3. The fraction of sp³-hybridized carbons (Fsp3) is 0.800. The van der Waals surface area contributed by atoms with Gasteiger partial charge in [0.15, 0.2) is 0 Å². The molecule has 0 unspecified atom stereocenters. The third-order valence-electron chi connectivity index (χ3n) is 3.56. The van der Waals surface area contributed by atoms with Crippen LogP contribution in [-0.2, 0) is 13.1 Å². The Morgan fingerprint density at radius 3 is 2.29 bits per heavy atom. The molecule has 0 radical (unpaired) electrons. The Hall–Kier alpha value is -0.790. The van der Waals surface area contributed by atoms with E-state index >= 15 is 0 Å². The SMILES string of the molecule is CCCCCn1c(C)c[n+](CCCCC)c1C. The quantitative estimate of drug-likeness (QED) is 0.481. The maximum Gasteiger partial charge on any atom is 0.253 e. The number of aromatic nitrogens is 2. The first-order valence-electron chi connectivity index (χ1n) is 7.26. The van der Waals surface area contributed by atoms with Gasteiger partial charge in [-0.15, -0.1) is 0 Å². The highest BCUT2D eigenvalue weighted by molar-refractivity contribution is 4.95. The Kier molecular flexibility index (Phi) is 6.31. The van der Waals surface area contributed by atoms with Gasteiger partial charge in [-0.2, -0.15) is 0 Å². The largest absolute Gasteiger partial charge is 0.253 e. The summed E-state index contributed by atoms with van der Waals surface area (Å²) in [5.74, 6) is 1.43. The molecule has 0 N–H and O–H groups in total. The monoisotopic (exact) mass is 237 g/mol. The number of aryl methyl sites for hydroxylation is 2. The van der Waals surface area contributed by atoms with Crippen LogP contribution in [0.2, 0.25) is 0 Å². The molecule has 2 nitrogen and oxygen atoms in total. The van der Waals surface area contributed by atoms with Crippen LogP contribution < -0.4 is 4.57 Å². The Morgan fingerprint density at radius 2 is 1.65 bits per heavy atom. The number of imidazole rings is 1. The number of nitrogens with zero attached hydrogens (tertiary/aromatic N) is 2. The minimum Gasteiger partial charge on any atom is -0.234 e. The molecule has 0 aliphatic rings. The van der Waals surface area contributed by atoms with E-state index in [1.165, 1.54) is 63.1 Å². The molecular formula is C15H29N2+. The molecule has 0 saturated heterocycles. The van der Waals surface area contributed by atoms with E-state index < -0.39 is 0 Å². The van der Waals surface area contributed by atoms with Gasteiger partial charge < -0.3 is 0 Å². The third kappa shape index (κ3) is 4.18. The minimum atomic E-state index is 1.18. The van der Waals surface area contributed by atoms with Crippen LogP contribution in [0.25, 0.3) is 0 Å². The van der Waals surface area contributed by atoms with Crippen molar-refractivity contribution < 1.29 is 4.57 Å². The summed E-state index contributed by atoms with van der Waals surface area (Å²) in [6, 6.07) is 0. The summed E-state index contributed by atoms with van der Waals surface area (Å²) in [4.78, 5) is 0. The molecule has 0 saturated carbocycles. The molecule has 1 heterocycles. The summed E-state index contributed by atoms with van der Waals surface area (Å²) >= 11 is 0. The molecule has 0 atom stereocenters. The first-order valence-corrected chi connectivity index (χ1v) is 7.26. The Bertz CT molecular complexity index is 326. The Balaban J connectivity index is 2.58. The highest BCUT2D eigenvalue weighted by atomic mass is 15.2. The van der Waals surface area contributed by atoms with E-state index in [4.69, 9.17) is 0 Å². The predicted molar refractivity (Wildman–Crippen MR) is 73.2 cm³/mol. The minimum absolute atomic E-state index is 1.18. The summed E-state index contributed by atoms with van der Waals surface area (Å²) in [5, 5.41) is 0. The average molecular weight is 237 g/mol. The smallest absolute Gasteiger partial charge is 0.234 e. The lowest BCUT2D eigenvalue weighted by atomic mass is 10.2. The van der Waals surface area contributed by atoms with E-state index in [-0.39, 0.29) is 0 Å². The number of hydrogen-bond donors (Lipinski definition) is 0. The van der Waals surface area contributed by atoms with Crippen LogP contribution in [0, 0.1) is 13.8 Å². The summed E-state index contributed by atoms with van der Waals surface area (Å²) < 4.78 is 4.90. The third-order valence-corrected chi connectivity index (χ3v) is 3.56. The molecule has 0 spiro atoms. The second kappa shape index (κ2) is 7.52. The molecule has 1 rings (SSSR count). The molecule has 1 aromatic rings. The van der Waals surface area contributed by atoms with Crippen molar-refractivity contribution in [1.29, 1.82) is 0 Å². The molecular weight excluding hydrogens is 208 g/mol. The van der Waals surface area contributed by atoms with E-state index in [1.54, 1.807) is 0 Å². The van der Waals surface area contributed by atoms with Gasteiger partial charge in [0.05, 0.1) is 13.1 Å². The van der Waals surface area contributed by atoms with Gasteiger partial charge >= 0.3 is 0 Å². The van der Waals surface area contributed by atoms with Gasteiger partial charge in [-0.3, -0.25) is 0 Å². The van der Waals surface area contributed by atoms with Crippen LogP contribution in [0.5, 0.6) is 0 Å². The lowest BCUT2D eigenvalue weighted by Gasteiger charge is -2.02. The molecule has 0 aliphatic carbocycles. The lowest BCUT2D eigenvalue weighted by molar-refractivity contribution is -0.703. The van der Waals surface area contributed by atoms with Gasteiger partial charge in [0.25, 0.3) is 5.82 Å². The molecule has 2 heteroatoms. The van der Waals surface area contributed by atoms with Crippen LogP contribution in [-0.4, -0.2) is 4.57 Å². The van der Waals surface area contributed by atoms with Crippen molar-refractivity contribution in [3.63, 3.8) is 0 Å². The van der Waals surface area contributed by atoms with Crippen molar-refractivity contribution >= 4 is 0 Å². The molecule has 0 amide bonds. The number of hydrogen-bond acceptors (Lipinski definition) is 0. The first-order chi connectivity index (χ1) is 8.20. The fourth-order valence-corrected chi connectivity index (χ4v) is 2.42. The molecule has 1 aromatic heterocycles. The molecule has 0 bridgehead atoms. The van der Waals surface area contributed by atoms with Crippen LogP contribution in [0.3, 0.4) is 0 Å². The zero-order chi connectivity index (χ0) is 12.7. The van der Waals surface area contributed by atoms with E-state index in [9.17, 15) is 0 Å². The van der Waals surface area contributed by atoms with Gasteiger partial charge in [0.2, 0.25) is 0 Å². The van der Waals surface area contributed by atoms with E-state index in [1.807, 2.05) is 0 Å². The summed E-state index contributed by atoms with van der Waals surface area (Å²) in [6.07, 6.45) is 10.2. The van der Waals surface area contributed by atoms with Crippen molar-refractivity contribution in [2.75, 3.05) is 0 Å². The van der Waals surface area contributed by atoms with E-state index in [2.05, 4.69) is 43.0 Å². The highest BCUT2D eigenvalue weighted by Crippen LogP contribution is 2.06. The highest BCUT2D eigenvalue weighted by Gasteiger charge is 2.15. The fourth-order valence-electron chi connectivity index (χ4n) is 2.42. The van der Waals surface area contributed by atoms with Gasteiger partial charge in [0.1, 0.15) is 11.9 Å². The number of rotatable bonds is 8. The van der Waals surface area contributed by atoms with Crippen LogP contribution in [0.15, 0.2) is 6.20 Å². The van der Waals surface area contributed by atoms with E-state index in [0.29, 0.717) is 0 Å². The van der Waals surface area contributed by atoms with Crippen molar-refractivity contribution in [2.24, 2.45) is 0 Å². The van der Waals surface area contributed by atoms with Gasteiger partial charge in [-0.1, -0.05) is 26.7 Å². The zero-order valence-electron chi connectivity index (χ0n) is 12.1. The molecule has 17 heavy (non-hydrogen) atoms. The molecule has 98 valence electrons. The Morgan fingerprint density at radius 1 is 1.00 bits per heavy atom. The van der Waals surface area contributed by atoms with Crippen LogP contribution in [0.4, 0.5) is 0 Å². The summed E-state index contributed by atoms with van der Waals surface area (Å²) in [5.41, 5.74) is 1.41. The van der Waals surface area contributed by atoms with Gasteiger partial charge in [0, 0.05) is 13.8 Å². The number of unbranched alkanes of at least 4 members (excludes halogenated alkanes) is 4. The van der Waals surface area contributed by atoms with Crippen molar-refractivity contribution in [2.45, 2.75) is 79.3 Å². The summed E-state index contributed by atoms with van der Waals surface area (Å²) in [6.45, 7) is 11.4. The summed E-state index contributed by atoms with van der Waals surface area (Å²) in [7, 11) is 0. The predicted octanol–water partition coefficient (Wildman–Crippen LogP) is 3.77. The van der Waals surface area contributed by atoms with Gasteiger partial charge in [-0.05, 0) is 25.7 Å². The second-order valence-corrected chi connectivity index (χ2v) is 5.08. The second-order valence-electron chi connectivity index (χ2n) is 5.08. The average Bonchev–Trinajstić information content (AvgIpc) is 2.57. The van der Waals surface area contributed by atoms with E-state index in [0.717, 1.165) is 0 Å². The molecule has 0 aromatic carbocycles. The zero-order valence-corrected chi connectivity index (χ0v) is 12.1. The topological polar surface area (TPSA) is 8.81 Å². The maximum absolute atomic E-state index is 2.47. The standard InChI is InChI=1S/C15H29N2/c1-5-7-9-11-16-13-14(3)17(15(16)4)12-10-8-6-2/h13H,5-12H2,1-4H3/q+1. The molecule has 0 aliphatic heterocycles. The normalized spacial score (nSPS) is 11.1. The van der Waals surface area contributed by atoms with Crippen molar-refractivity contribution in [3.8, 4) is 0 Å². The maximum atomic E-state index is 2.47. The van der Waals surface area contributed by atoms with Crippen LogP contribution in [0.1, 0.15) is 63.9 Å². The Labute approximate surface area is 107 Å².